The monoisotopic (exact) mass is 254 g/mol. The number of rotatable bonds is 4. The van der Waals surface area contributed by atoms with Gasteiger partial charge in [-0.1, -0.05) is 66.6 Å². The van der Waals surface area contributed by atoms with Gasteiger partial charge in [0.2, 0.25) is 0 Å². The van der Waals surface area contributed by atoms with Crippen LogP contribution in [0.15, 0.2) is 48.5 Å². The Bertz CT molecular complexity index is 525. The molecule has 100 valence electrons. The third kappa shape index (κ3) is 3.24. The summed E-state index contributed by atoms with van der Waals surface area (Å²) < 4.78 is 0. The Morgan fingerprint density at radius 3 is 2.05 bits per heavy atom. The Kier molecular flexibility index (Phi) is 4.06. The van der Waals surface area contributed by atoms with Gasteiger partial charge < -0.3 is 5.11 Å². The molecule has 0 amide bonds. The van der Waals surface area contributed by atoms with E-state index >= 15 is 0 Å². The molecule has 19 heavy (non-hydrogen) atoms. The SMILES string of the molecule is CCC(O)(Cc1ccccc1)c1cc(C)cc(C)c1. The highest BCUT2D eigenvalue weighted by molar-refractivity contribution is 5.34. The van der Waals surface area contributed by atoms with Gasteiger partial charge in [0.15, 0.2) is 0 Å². The summed E-state index contributed by atoms with van der Waals surface area (Å²) in [5.74, 6) is 0. The van der Waals surface area contributed by atoms with Crippen LogP contribution < -0.4 is 0 Å². The maximum atomic E-state index is 11.0. The van der Waals surface area contributed by atoms with Crippen LogP contribution >= 0.6 is 0 Å². The van der Waals surface area contributed by atoms with Crippen molar-refractivity contribution in [3.63, 3.8) is 0 Å². The Balaban J connectivity index is 2.36. The molecule has 0 radical (unpaired) electrons. The van der Waals surface area contributed by atoms with Crippen LogP contribution in [0.2, 0.25) is 0 Å². The molecule has 0 aliphatic carbocycles. The molecule has 0 bridgehead atoms. The molecular weight excluding hydrogens is 232 g/mol. The van der Waals surface area contributed by atoms with Gasteiger partial charge in [-0.2, -0.15) is 0 Å². The van der Waals surface area contributed by atoms with Gasteiger partial charge in [-0.15, -0.1) is 0 Å². The highest BCUT2D eigenvalue weighted by atomic mass is 16.3. The number of benzene rings is 2. The lowest BCUT2D eigenvalue weighted by molar-refractivity contribution is 0.0326. The zero-order valence-corrected chi connectivity index (χ0v) is 12.0. The van der Waals surface area contributed by atoms with Crippen LogP contribution in [0.5, 0.6) is 0 Å². The van der Waals surface area contributed by atoms with E-state index in [-0.39, 0.29) is 0 Å². The van der Waals surface area contributed by atoms with Crippen LogP contribution in [0, 0.1) is 13.8 Å². The Labute approximate surface area is 115 Å². The fraction of sp³-hybridized carbons (Fsp3) is 0.333. The molecule has 1 N–H and O–H groups in total. The van der Waals surface area contributed by atoms with Crippen LogP contribution in [-0.2, 0) is 12.0 Å². The molecule has 0 spiro atoms. The molecule has 1 unspecified atom stereocenters. The molecule has 0 saturated carbocycles. The topological polar surface area (TPSA) is 20.2 Å². The fourth-order valence-corrected chi connectivity index (χ4v) is 2.61. The van der Waals surface area contributed by atoms with Crippen molar-refractivity contribution in [3.05, 3.63) is 70.8 Å². The standard InChI is InChI=1S/C18H22O/c1-4-18(19,13-16-8-6-5-7-9-16)17-11-14(2)10-15(3)12-17/h5-12,19H,4,13H2,1-3H3. The average Bonchev–Trinajstić information content (AvgIpc) is 2.38. The van der Waals surface area contributed by atoms with Gasteiger partial charge >= 0.3 is 0 Å². The lowest BCUT2D eigenvalue weighted by Gasteiger charge is -2.28. The van der Waals surface area contributed by atoms with Gasteiger partial charge in [0.25, 0.3) is 0 Å². The van der Waals surface area contributed by atoms with Crippen molar-refractivity contribution in [3.8, 4) is 0 Å². The molecule has 0 heterocycles. The molecule has 0 fully saturated rings. The second-order valence-corrected chi connectivity index (χ2v) is 5.42. The van der Waals surface area contributed by atoms with Crippen molar-refractivity contribution in [2.45, 2.75) is 39.2 Å². The summed E-state index contributed by atoms with van der Waals surface area (Å²) >= 11 is 0. The van der Waals surface area contributed by atoms with Crippen LogP contribution in [-0.4, -0.2) is 5.11 Å². The quantitative estimate of drug-likeness (QED) is 0.869. The normalized spacial score (nSPS) is 14.1. The van der Waals surface area contributed by atoms with Crippen LogP contribution in [0.25, 0.3) is 0 Å². The number of hydrogen-bond acceptors (Lipinski definition) is 1. The smallest absolute Gasteiger partial charge is 0.0934 e. The van der Waals surface area contributed by atoms with E-state index in [9.17, 15) is 5.11 Å². The minimum atomic E-state index is -0.780. The minimum absolute atomic E-state index is 0.660. The summed E-state index contributed by atoms with van der Waals surface area (Å²) in [7, 11) is 0. The van der Waals surface area contributed by atoms with E-state index in [2.05, 4.69) is 44.2 Å². The summed E-state index contributed by atoms with van der Waals surface area (Å²) in [5, 5.41) is 11.0. The molecule has 0 aliphatic heterocycles. The van der Waals surface area contributed by atoms with E-state index in [0.717, 1.165) is 5.56 Å². The Morgan fingerprint density at radius 1 is 0.947 bits per heavy atom. The molecule has 2 aromatic rings. The lowest BCUT2D eigenvalue weighted by Crippen LogP contribution is -2.27. The Hall–Kier alpha value is -1.60. The fourth-order valence-electron chi connectivity index (χ4n) is 2.61. The number of aryl methyl sites for hydroxylation is 2. The van der Waals surface area contributed by atoms with Gasteiger partial charge in [-0.3, -0.25) is 0 Å². The highest BCUT2D eigenvalue weighted by Crippen LogP contribution is 2.30. The first-order chi connectivity index (χ1) is 9.03. The first kappa shape index (κ1) is 13.8. The van der Waals surface area contributed by atoms with E-state index < -0.39 is 5.60 Å². The van der Waals surface area contributed by atoms with Crippen molar-refractivity contribution < 1.29 is 5.11 Å². The van der Waals surface area contributed by atoms with Gasteiger partial charge in [0.1, 0.15) is 0 Å². The average molecular weight is 254 g/mol. The Morgan fingerprint density at radius 2 is 1.53 bits per heavy atom. The molecule has 2 rings (SSSR count). The second-order valence-electron chi connectivity index (χ2n) is 5.42. The first-order valence-electron chi connectivity index (χ1n) is 6.88. The van der Waals surface area contributed by atoms with E-state index in [0.29, 0.717) is 12.8 Å². The zero-order chi connectivity index (χ0) is 13.9. The predicted molar refractivity (Wildman–Crippen MR) is 80.2 cm³/mol. The third-order valence-corrected chi connectivity index (χ3v) is 3.68. The molecular formula is C18H22O. The summed E-state index contributed by atoms with van der Waals surface area (Å²) in [6.07, 6.45) is 1.37. The predicted octanol–water partition coefficient (Wildman–Crippen LogP) is 4.14. The molecule has 0 saturated heterocycles. The summed E-state index contributed by atoms with van der Waals surface area (Å²) in [4.78, 5) is 0. The van der Waals surface area contributed by atoms with E-state index in [4.69, 9.17) is 0 Å². The zero-order valence-electron chi connectivity index (χ0n) is 12.0. The minimum Gasteiger partial charge on any atom is -0.385 e. The van der Waals surface area contributed by atoms with E-state index in [1.807, 2.05) is 25.1 Å². The van der Waals surface area contributed by atoms with Crippen molar-refractivity contribution in [2.75, 3.05) is 0 Å². The van der Waals surface area contributed by atoms with Crippen molar-refractivity contribution in [2.24, 2.45) is 0 Å². The first-order valence-corrected chi connectivity index (χ1v) is 6.88. The molecule has 1 heteroatoms. The summed E-state index contributed by atoms with van der Waals surface area (Å²) in [5.41, 5.74) is 3.82. The molecule has 1 nitrogen and oxygen atoms in total. The maximum absolute atomic E-state index is 11.0. The van der Waals surface area contributed by atoms with Crippen LogP contribution in [0.1, 0.15) is 35.6 Å². The summed E-state index contributed by atoms with van der Waals surface area (Å²) in [6.45, 7) is 6.20. The largest absolute Gasteiger partial charge is 0.385 e. The van der Waals surface area contributed by atoms with Crippen LogP contribution in [0.4, 0.5) is 0 Å². The van der Waals surface area contributed by atoms with E-state index in [1.54, 1.807) is 0 Å². The summed E-state index contributed by atoms with van der Waals surface area (Å²) in [6, 6.07) is 16.5. The highest BCUT2D eigenvalue weighted by Gasteiger charge is 2.27. The van der Waals surface area contributed by atoms with Crippen molar-refractivity contribution in [1.82, 2.24) is 0 Å². The molecule has 2 aromatic carbocycles. The van der Waals surface area contributed by atoms with Gasteiger partial charge in [-0.25, -0.2) is 0 Å². The van der Waals surface area contributed by atoms with E-state index in [1.165, 1.54) is 16.7 Å². The molecule has 0 aromatic heterocycles. The van der Waals surface area contributed by atoms with Gasteiger partial charge in [0, 0.05) is 6.42 Å². The lowest BCUT2D eigenvalue weighted by atomic mass is 9.84. The van der Waals surface area contributed by atoms with Gasteiger partial charge in [0.05, 0.1) is 5.60 Å². The number of hydrogen-bond donors (Lipinski definition) is 1. The number of aliphatic hydroxyl groups is 1. The van der Waals surface area contributed by atoms with Crippen molar-refractivity contribution >= 4 is 0 Å². The maximum Gasteiger partial charge on any atom is 0.0934 e. The van der Waals surface area contributed by atoms with Crippen LogP contribution in [0.3, 0.4) is 0 Å². The van der Waals surface area contributed by atoms with Crippen molar-refractivity contribution in [1.29, 1.82) is 0 Å². The van der Waals surface area contributed by atoms with Gasteiger partial charge in [-0.05, 0) is 31.4 Å². The second kappa shape index (κ2) is 5.58. The molecule has 0 aliphatic rings. The molecule has 1 atom stereocenters. The third-order valence-electron chi connectivity index (χ3n) is 3.68.